The molecule has 0 fully saturated rings. The molecule has 0 atom stereocenters. The van der Waals surface area contributed by atoms with E-state index in [-0.39, 0.29) is 16.8 Å². The zero-order valence-corrected chi connectivity index (χ0v) is 16.3. The van der Waals surface area contributed by atoms with E-state index < -0.39 is 0 Å². The molecule has 0 aliphatic carbocycles. The van der Waals surface area contributed by atoms with E-state index in [0.29, 0.717) is 17.1 Å². The molecule has 3 heteroatoms. The van der Waals surface area contributed by atoms with Gasteiger partial charge in [0, 0.05) is 0 Å². The molecule has 0 radical (unpaired) electrons. The Morgan fingerprint density at radius 2 is 1.28 bits per heavy atom. The highest BCUT2D eigenvalue weighted by Gasteiger charge is 2.23. The average Bonchev–Trinajstić information content (AvgIpc) is 2.53. The molecule has 25 heavy (non-hydrogen) atoms. The zero-order chi connectivity index (χ0) is 18.8. The predicted octanol–water partition coefficient (Wildman–Crippen LogP) is 5.51. The van der Waals surface area contributed by atoms with Crippen LogP contribution in [0.2, 0.25) is 0 Å². The first kappa shape index (κ1) is 19.0. The van der Waals surface area contributed by atoms with Crippen LogP contribution >= 0.6 is 0 Å². The second-order valence-corrected chi connectivity index (χ2v) is 8.34. The first-order valence-electron chi connectivity index (χ1n) is 8.53. The molecule has 0 saturated carbocycles. The lowest BCUT2D eigenvalue weighted by molar-refractivity contribution is 0.0729. The van der Waals surface area contributed by atoms with E-state index in [1.807, 2.05) is 24.3 Å². The number of hydrogen-bond donors (Lipinski definition) is 0. The first-order valence-corrected chi connectivity index (χ1v) is 8.53. The number of para-hydroxylation sites is 2. The first-order chi connectivity index (χ1) is 11.5. The summed E-state index contributed by atoms with van der Waals surface area (Å²) in [6.07, 6.45) is 0. The lowest BCUT2D eigenvalue weighted by Crippen LogP contribution is -2.19. The van der Waals surface area contributed by atoms with Crippen LogP contribution in [0.4, 0.5) is 0 Å². The Labute approximate surface area is 151 Å². The van der Waals surface area contributed by atoms with Gasteiger partial charge in [0.05, 0.1) is 12.7 Å². The molecule has 0 bridgehead atoms. The molecule has 0 aliphatic rings. The highest BCUT2D eigenvalue weighted by Crippen LogP contribution is 2.32. The highest BCUT2D eigenvalue weighted by molar-refractivity contribution is 5.92. The van der Waals surface area contributed by atoms with Gasteiger partial charge in [0.15, 0.2) is 11.5 Å². The molecule has 2 aromatic carbocycles. The lowest BCUT2D eigenvalue weighted by Gasteiger charge is -2.26. The maximum Gasteiger partial charge on any atom is 0.343 e. The minimum atomic E-state index is -0.374. The Morgan fingerprint density at radius 3 is 1.72 bits per heavy atom. The fraction of sp³-hybridized carbons (Fsp3) is 0.409. The summed E-state index contributed by atoms with van der Waals surface area (Å²) in [6.45, 7) is 12.9. The third kappa shape index (κ3) is 4.62. The topological polar surface area (TPSA) is 35.5 Å². The van der Waals surface area contributed by atoms with Crippen molar-refractivity contribution in [1.82, 2.24) is 0 Å². The van der Waals surface area contributed by atoms with Crippen molar-refractivity contribution < 1.29 is 14.3 Å². The summed E-state index contributed by atoms with van der Waals surface area (Å²) in [6, 6.07) is 13.2. The fourth-order valence-electron chi connectivity index (χ4n) is 2.47. The minimum Gasteiger partial charge on any atom is -0.493 e. The van der Waals surface area contributed by atoms with Crippen LogP contribution in [0.5, 0.6) is 11.5 Å². The van der Waals surface area contributed by atoms with Crippen molar-refractivity contribution in [2.24, 2.45) is 0 Å². The Morgan fingerprint density at radius 1 is 0.800 bits per heavy atom. The van der Waals surface area contributed by atoms with Gasteiger partial charge in [-0.3, -0.25) is 0 Å². The normalized spacial score (nSPS) is 12.0. The molecule has 2 aromatic rings. The van der Waals surface area contributed by atoms with E-state index in [1.54, 1.807) is 19.2 Å². The van der Waals surface area contributed by atoms with E-state index in [2.05, 4.69) is 47.6 Å². The maximum atomic E-state index is 12.8. The predicted molar refractivity (Wildman–Crippen MR) is 102 cm³/mol. The van der Waals surface area contributed by atoms with Gasteiger partial charge in [-0.05, 0) is 46.2 Å². The second kappa shape index (κ2) is 6.91. The van der Waals surface area contributed by atoms with Gasteiger partial charge in [-0.2, -0.15) is 0 Å². The van der Waals surface area contributed by atoms with E-state index in [1.165, 1.54) is 0 Å². The molecular formula is C22H28O3. The van der Waals surface area contributed by atoms with E-state index in [0.717, 1.165) is 11.1 Å². The zero-order valence-electron chi connectivity index (χ0n) is 16.3. The standard InChI is InChI=1S/C22H28O3/c1-21(2,3)16-12-15(13-17(14-16)22(4,5)6)20(23)25-19-11-9-8-10-18(19)24-7/h8-14H,1-7H3. The molecular weight excluding hydrogens is 312 g/mol. The van der Waals surface area contributed by atoms with Crippen LogP contribution < -0.4 is 9.47 Å². The van der Waals surface area contributed by atoms with Crippen LogP contribution in [0.15, 0.2) is 42.5 Å². The van der Waals surface area contributed by atoms with Crippen molar-refractivity contribution in [3.63, 3.8) is 0 Å². The van der Waals surface area contributed by atoms with Crippen LogP contribution in [0.3, 0.4) is 0 Å². The van der Waals surface area contributed by atoms with Gasteiger partial charge in [-0.25, -0.2) is 4.79 Å². The van der Waals surface area contributed by atoms with Gasteiger partial charge in [0.1, 0.15) is 0 Å². The van der Waals surface area contributed by atoms with Crippen molar-refractivity contribution in [3.8, 4) is 11.5 Å². The molecule has 0 amide bonds. The molecule has 0 N–H and O–H groups in total. The van der Waals surface area contributed by atoms with Crippen LogP contribution in [-0.4, -0.2) is 13.1 Å². The van der Waals surface area contributed by atoms with Gasteiger partial charge in [-0.1, -0.05) is 59.7 Å². The maximum absolute atomic E-state index is 12.8. The van der Waals surface area contributed by atoms with E-state index in [9.17, 15) is 4.79 Å². The Balaban J connectivity index is 2.45. The minimum absolute atomic E-state index is 0.0548. The van der Waals surface area contributed by atoms with Crippen LogP contribution in [0.25, 0.3) is 0 Å². The molecule has 0 spiro atoms. The lowest BCUT2D eigenvalue weighted by atomic mass is 9.79. The summed E-state index contributed by atoms with van der Waals surface area (Å²) >= 11 is 0. The van der Waals surface area contributed by atoms with E-state index in [4.69, 9.17) is 9.47 Å². The third-order valence-corrected chi connectivity index (χ3v) is 4.17. The Hall–Kier alpha value is -2.29. The van der Waals surface area contributed by atoms with Crippen molar-refractivity contribution in [3.05, 3.63) is 59.2 Å². The monoisotopic (exact) mass is 340 g/mol. The number of carbonyl (C=O) groups excluding carboxylic acids is 1. The Kier molecular flexibility index (Phi) is 5.26. The fourth-order valence-corrected chi connectivity index (χ4v) is 2.47. The van der Waals surface area contributed by atoms with Crippen molar-refractivity contribution in [2.45, 2.75) is 52.4 Å². The number of benzene rings is 2. The number of esters is 1. The van der Waals surface area contributed by atoms with Crippen LogP contribution in [-0.2, 0) is 10.8 Å². The molecule has 0 aromatic heterocycles. The number of methoxy groups -OCH3 is 1. The van der Waals surface area contributed by atoms with Crippen LogP contribution in [0.1, 0.15) is 63.0 Å². The summed E-state index contributed by atoms with van der Waals surface area (Å²) in [5, 5.41) is 0. The number of hydrogen-bond acceptors (Lipinski definition) is 3. The third-order valence-electron chi connectivity index (χ3n) is 4.17. The highest BCUT2D eigenvalue weighted by atomic mass is 16.6. The number of carbonyl (C=O) groups is 1. The van der Waals surface area contributed by atoms with Crippen molar-refractivity contribution >= 4 is 5.97 Å². The largest absolute Gasteiger partial charge is 0.493 e. The van der Waals surface area contributed by atoms with Crippen molar-refractivity contribution in [1.29, 1.82) is 0 Å². The van der Waals surface area contributed by atoms with Gasteiger partial charge >= 0.3 is 5.97 Å². The SMILES string of the molecule is COc1ccccc1OC(=O)c1cc(C(C)(C)C)cc(C(C)(C)C)c1. The number of rotatable bonds is 3. The molecule has 0 unspecified atom stereocenters. The molecule has 0 saturated heterocycles. The Bertz CT molecular complexity index is 729. The molecule has 134 valence electrons. The van der Waals surface area contributed by atoms with Gasteiger partial charge < -0.3 is 9.47 Å². The number of ether oxygens (including phenoxy) is 2. The summed E-state index contributed by atoms with van der Waals surface area (Å²) in [5.41, 5.74) is 2.68. The van der Waals surface area contributed by atoms with E-state index >= 15 is 0 Å². The summed E-state index contributed by atoms with van der Waals surface area (Å²) in [5.74, 6) is 0.591. The van der Waals surface area contributed by atoms with Gasteiger partial charge in [-0.15, -0.1) is 0 Å². The smallest absolute Gasteiger partial charge is 0.343 e. The summed E-state index contributed by atoms with van der Waals surface area (Å²) < 4.78 is 10.9. The molecule has 0 aliphatic heterocycles. The molecule has 0 heterocycles. The quantitative estimate of drug-likeness (QED) is 0.546. The molecule has 3 nitrogen and oxygen atoms in total. The van der Waals surface area contributed by atoms with Crippen LogP contribution in [0, 0.1) is 0 Å². The summed E-state index contributed by atoms with van der Waals surface area (Å²) in [4.78, 5) is 12.8. The average molecular weight is 340 g/mol. The van der Waals surface area contributed by atoms with Gasteiger partial charge in [0.2, 0.25) is 0 Å². The molecule has 2 rings (SSSR count). The van der Waals surface area contributed by atoms with Crippen molar-refractivity contribution in [2.75, 3.05) is 7.11 Å². The second-order valence-electron chi connectivity index (χ2n) is 8.34. The van der Waals surface area contributed by atoms with Gasteiger partial charge in [0.25, 0.3) is 0 Å². The summed E-state index contributed by atoms with van der Waals surface area (Å²) in [7, 11) is 1.56.